The number of nitrogens with one attached hydrogen (secondary N) is 2. The summed E-state index contributed by atoms with van der Waals surface area (Å²) in [6.45, 7) is 0. The maximum Gasteiger partial charge on any atom is 0.329 e. The van der Waals surface area contributed by atoms with Crippen molar-refractivity contribution in [3.05, 3.63) is 82.1 Å². The van der Waals surface area contributed by atoms with Gasteiger partial charge in [-0.3, -0.25) is 9.59 Å². The fourth-order valence-corrected chi connectivity index (χ4v) is 4.65. The van der Waals surface area contributed by atoms with Crippen molar-refractivity contribution in [1.29, 1.82) is 5.26 Å². The van der Waals surface area contributed by atoms with Crippen LogP contribution in [0.2, 0.25) is 0 Å². The zero-order chi connectivity index (χ0) is 24.3. The molecule has 3 rings (SSSR count). The number of ether oxygens (including phenoxy) is 1. The standard InChI is InChI=1S/C24H22N4O4S2/c1-32-23(31)19(14-33-13-16-8-4-2-5-9-16)26-20(29)15-34-24-27-21(17-10-6-3-7-11-17)18(12-25)22(30)28-24/h2-11,19H,13-15H2,1H3,(H,26,29)(H,27,28,30)/t19-/m1/s1. The minimum atomic E-state index is -0.806. The third-order valence-electron chi connectivity index (χ3n) is 4.61. The van der Waals surface area contributed by atoms with Gasteiger partial charge in [0.1, 0.15) is 17.7 Å². The molecule has 2 N–H and O–H groups in total. The van der Waals surface area contributed by atoms with Gasteiger partial charge in [-0.25, -0.2) is 9.78 Å². The predicted molar refractivity (Wildman–Crippen MR) is 132 cm³/mol. The third kappa shape index (κ3) is 6.97. The van der Waals surface area contributed by atoms with Crippen LogP contribution in [0.3, 0.4) is 0 Å². The number of esters is 1. The van der Waals surface area contributed by atoms with Crippen molar-refractivity contribution in [3.63, 3.8) is 0 Å². The van der Waals surface area contributed by atoms with E-state index in [2.05, 4.69) is 15.3 Å². The molecule has 2 aromatic carbocycles. The van der Waals surface area contributed by atoms with Crippen LogP contribution in [-0.4, -0.2) is 46.5 Å². The molecule has 1 aromatic heterocycles. The highest BCUT2D eigenvalue weighted by atomic mass is 32.2. The monoisotopic (exact) mass is 494 g/mol. The lowest BCUT2D eigenvalue weighted by Crippen LogP contribution is -2.44. The van der Waals surface area contributed by atoms with Gasteiger partial charge in [0, 0.05) is 17.1 Å². The highest BCUT2D eigenvalue weighted by Crippen LogP contribution is 2.21. The summed E-state index contributed by atoms with van der Waals surface area (Å²) >= 11 is 2.51. The number of carbonyl (C=O) groups is 2. The van der Waals surface area contributed by atoms with E-state index in [-0.39, 0.29) is 22.2 Å². The largest absolute Gasteiger partial charge is 0.467 e. The van der Waals surface area contributed by atoms with Crippen molar-refractivity contribution in [1.82, 2.24) is 15.3 Å². The molecule has 1 atom stereocenters. The van der Waals surface area contributed by atoms with Crippen LogP contribution in [-0.2, 0) is 20.1 Å². The molecule has 0 spiro atoms. The Morgan fingerprint density at radius 3 is 2.47 bits per heavy atom. The first-order valence-corrected chi connectivity index (χ1v) is 12.4. The molecule has 0 saturated carbocycles. The zero-order valence-electron chi connectivity index (χ0n) is 18.3. The first-order chi connectivity index (χ1) is 16.5. The van der Waals surface area contributed by atoms with E-state index in [1.807, 2.05) is 42.5 Å². The molecule has 1 heterocycles. The van der Waals surface area contributed by atoms with Crippen molar-refractivity contribution >= 4 is 35.4 Å². The van der Waals surface area contributed by atoms with Crippen LogP contribution in [0.25, 0.3) is 11.3 Å². The lowest BCUT2D eigenvalue weighted by atomic mass is 10.1. The van der Waals surface area contributed by atoms with Gasteiger partial charge in [-0.15, -0.1) is 0 Å². The molecule has 34 heavy (non-hydrogen) atoms. The summed E-state index contributed by atoms with van der Waals surface area (Å²) in [4.78, 5) is 43.9. The first-order valence-electron chi connectivity index (χ1n) is 10.2. The molecule has 8 nitrogen and oxygen atoms in total. The molecule has 174 valence electrons. The lowest BCUT2D eigenvalue weighted by Gasteiger charge is -2.16. The second-order valence-corrected chi connectivity index (χ2v) is 9.00. The van der Waals surface area contributed by atoms with Crippen LogP contribution >= 0.6 is 23.5 Å². The van der Waals surface area contributed by atoms with E-state index >= 15 is 0 Å². The normalized spacial score (nSPS) is 11.3. The average molecular weight is 495 g/mol. The number of thioether (sulfide) groups is 2. The number of nitrogens with zero attached hydrogens (tertiary/aromatic N) is 2. The van der Waals surface area contributed by atoms with Crippen molar-refractivity contribution in [2.45, 2.75) is 17.0 Å². The maximum atomic E-state index is 12.5. The fourth-order valence-electron chi connectivity index (χ4n) is 2.98. The topological polar surface area (TPSA) is 125 Å². The highest BCUT2D eigenvalue weighted by molar-refractivity contribution is 7.99. The summed E-state index contributed by atoms with van der Waals surface area (Å²) in [6, 6.07) is 19.7. The minimum Gasteiger partial charge on any atom is -0.467 e. The summed E-state index contributed by atoms with van der Waals surface area (Å²) in [5.41, 5.74) is 1.31. The van der Waals surface area contributed by atoms with Gasteiger partial charge in [-0.1, -0.05) is 72.4 Å². The second kappa shape index (κ2) is 12.6. The average Bonchev–Trinajstić information content (AvgIpc) is 2.87. The number of methoxy groups -OCH3 is 1. The quantitative estimate of drug-likeness (QED) is 0.250. The van der Waals surface area contributed by atoms with E-state index < -0.39 is 23.5 Å². The van der Waals surface area contributed by atoms with Gasteiger partial charge in [0.25, 0.3) is 5.56 Å². The molecule has 0 bridgehead atoms. The molecule has 0 aliphatic heterocycles. The molecular formula is C24H22N4O4S2. The van der Waals surface area contributed by atoms with Crippen LogP contribution in [0.5, 0.6) is 0 Å². The van der Waals surface area contributed by atoms with E-state index in [0.29, 0.717) is 17.1 Å². The van der Waals surface area contributed by atoms with Gasteiger partial charge < -0.3 is 15.0 Å². The van der Waals surface area contributed by atoms with E-state index in [1.165, 1.54) is 18.9 Å². The Balaban J connectivity index is 1.63. The van der Waals surface area contributed by atoms with Crippen molar-refractivity contribution in [2.75, 3.05) is 18.6 Å². The molecule has 0 fully saturated rings. The highest BCUT2D eigenvalue weighted by Gasteiger charge is 2.22. The van der Waals surface area contributed by atoms with E-state index in [0.717, 1.165) is 17.3 Å². The molecular weight excluding hydrogens is 472 g/mol. The summed E-state index contributed by atoms with van der Waals surface area (Å²) in [7, 11) is 1.27. The minimum absolute atomic E-state index is 0.0834. The number of rotatable bonds is 10. The second-order valence-electron chi connectivity index (χ2n) is 7.01. The fraction of sp³-hybridized carbons (Fsp3) is 0.208. The predicted octanol–water partition coefficient (Wildman–Crippen LogP) is 2.99. The maximum absolute atomic E-state index is 12.5. The van der Waals surface area contributed by atoms with E-state index in [9.17, 15) is 19.6 Å². The number of H-pyrrole nitrogens is 1. The molecule has 0 saturated heterocycles. The molecule has 0 unspecified atom stereocenters. The number of nitriles is 1. The smallest absolute Gasteiger partial charge is 0.329 e. The van der Waals surface area contributed by atoms with Crippen molar-refractivity contribution < 1.29 is 14.3 Å². The summed E-state index contributed by atoms with van der Waals surface area (Å²) in [5.74, 6) is 0.0174. The van der Waals surface area contributed by atoms with Crippen molar-refractivity contribution in [2.24, 2.45) is 0 Å². The van der Waals surface area contributed by atoms with E-state index in [1.54, 1.807) is 24.3 Å². The molecule has 0 radical (unpaired) electrons. The van der Waals surface area contributed by atoms with Crippen LogP contribution in [0.1, 0.15) is 11.1 Å². The number of hydrogen-bond acceptors (Lipinski definition) is 8. The van der Waals surface area contributed by atoms with E-state index in [4.69, 9.17) is 4.74 Å². The Bertz CT molecular complexity index is 1230. The number of benzene rings is 2. The molecule has 0 aliphatic carbocycles. The molecule has 0 aliphatic rings. The van der Waals surface area contributed by atoms with Crippen LogP contribution < -0.4 is 10.9 Å². The Hall–Kier alpha value is -3.55. The summed E-state index contributed by atoms with van der Waals surface area (Å²) in [6.07, 6.45) is 0. The lowest BCUT2D eigenvalue weighted by molar-refractivity contribution is -0.144. The number of aromatic nitrogens is 2. The van der Waals surface area contributed by atoms with Gasteiger partial charge in [-0.2, -0.15) is 17.0 Å². The molecule has 3 aromatic rings. The number of carbonyl (C=O) groups excluding carboxylic acids is 2. The zero-order valence-corrected chi connectivity index (χ0v) is 19.9. The van der Waals surface area contributed by atoms with Crippen LogP contribution in [0.4, 0.5) is 0 Å². The number of hydrogen-bond donors (Lipinski definition) is 2. The van der Waals surface area contributed by atoms with Gasteiger partial charge in [0.05, 0.1) is 18.6 Å². The van der Waals surface area contributed by atoms with Crippen LogP contribution in [0.15, 0.2) is 70.6 Å². The first kappa shape index (κ1) is 25.1. The Kier molecular flexibility index (Phi) is 9.31. The third-order valence-corrected chi connectivity index (χ3v) is 6.59. The Morgan fingerprint density at radius 2 is 1.82 bits per heavy atom. The number of aromatic amines is 1. The van der Waals surface area contributed by atoms with Gasteiger partial charge in [0.15, 0.2) is 5.16 Å². The number of amides is 1. The summed E-state index contributed by atoms with van der Waals surface area (Å²) < 4.78 is 4.82. The SMILES string of the molecule is COC(=O)[C@@H](CSCc1ccccc1)NC(=O)CSc1nc(-c2ccccc2)c(C#N)c(=O)[nH]1. The molecule has 10 heteroatoms. The Morgan fingerprint density at radius 1 is 1.15 bits per heavy atom. The van der Waals surface area contributed by atoms with Gasteiger partial charge >= 0.3 is 5.97 Å². The molecule has 1 amide bonds. The van der Waals surface area contributed by atoms with Crippen LogP contribution in [0, 0.1) is 11.3 Å². The van der Waals surface area contributed by atoms with Crippen molar-refractivity contribution in [3.8, 4) is 17.3 Å². The summed E-state index contributed by atoms with van der Waals surface area (Å²) in [5, 5.41) is 12.2. The Labute approximate surface area is 205 Å². The van der Waals surface area contributed by atoms with Gasteiger partial charge in [-0.05, 0) is 5.56 Å². The van der Waals surface area contributed by atoms with Gasteiger partial charge in [0.2, 0.25) is 5.91 Å².